The van der Waals surface area contributed by atoms with E-state index < -0.39 is 0 Å². The topological polar surface area (TPSA) is 29.1 Å². The lowest BCUT2D eigenvalue weighted by atomic mass is 9.37. The maximum atomic E-state index is 11.2. The predicted octanol–water partition coefficient (Wildman–Crippen LogP) is 2.87. The maximum absolute atomic E-state index is 11.2. The molecule has 0 saturated heterocycles. The Labute approximate surface area is 92.8 Å². The van der Waals surface area contributed by atoms with Gasteiger partial charge in [0.05, 0.1) is 0 Å². The Bertz CT molecular complexity index is 248. The molecular formula is C13H23NO. The fourth-order valence-corrected chi connectivity index (χ4v) is 3.51. The standard InChI is InChI=1S/C11H17NO.C2H6/c1-2-9(13)12-11-5-10(6-11,7-11)8-3-4-8;1-2/h8H,2-7H2,1H3,(H,12,13);1-2H3. The monoisotopic (exact) mass is 209 g/mol. The average Bonchev–Trinajstić information content (AvgIpc) is 2.95. The number of nitrogens with one attached hydrogen (secondary N) is 1. The Morgan fingerprint density at radius 3 is 2.20 bits per heavy atom. The third-order valence-corrected chi connectivity index (χ3v) is 4.24. The fraction of sp³-hybridized carbons (Fsp3) is 0.923. The lowest BCUT2D eigenvalue weighted by molar-refractivity contribution is -0.176. The third kappa shape index (κ3) is 1.58. The number of hydrogen-bond acceptors (Lipinski definition) is 1. The minimum atomic E-state index is 0.240. The van der Waals surface area contributed by atoms with Crippen LogP contribution in [-0.2, 0) is 4.79 Å². The molecule has 2 heteroatoms. The summed E-state index contributed by atoms with van der Waals surface area (Å²) < 4.78 is 0. The normalized spacial score (nSPS) is 40.5. The van der Waals surface area contributed by atoms with Crippen molar-refractivity contribution < 1.29 is 4.79 Å². The van der Waals surface area contributed by atoms with Gasteiger partial charge in [0.1, 0.15) is 0 Å². The molecule has 4 fully saturated rings. The predicted molar refractivity (Wildman–Crippen MR) is 61.5 cm³/mol. The van der Waals surface area contributed by atoms with E-state index in [2.05, 4.69) is 5.32 Å². The van der Waals surface area contributed by atoms with Crippen molar-refractivity contribution in [3.8, 4) is 0 Å². The van der Waals surface area contributed by atoms with Crippen LogP contribution >= 0.6 is 0 Å². The van der Waals surface area contributed by atoms with Crippen molar-refractivity contribution in [3.63, 3.8) is 0 Å². The molecule has 0 unspecified atom stereocenters. The molecule has 2 nitrogen and oxygen atoms in total. The van der Waals surface area contributed by atoms with Crippen molar-refractivity contribution in [1.82, 2.24) is 5.32 Å². The Morgan fingerprint density at radius 2 is 1.80 bits per heavy atom. The van der Waals surface area contributed by atoms with Gasteiger partial charge >= 0.3 is 0 Å². The molecule has 1 amide bonds. The van der Waals surface area contributed by atoms with Crippen molar-refractivity contribution in [2.75, 3.05) is 0 Å². The zero-order valence-electron chi connectivity index (χ0n) is 10.2. The number of carbonyl (C=O) groups excluding carboxylic acids is 1. The Balaban J connectivity index is 0.000000404. The van der Waals surface area contributed by atoms with Crippen LogP contribution in [0.3, 0.4) is 0 Å². The lowest BCUT2D eigenvalue weighted by Crippen LogP contribution is -2.75. The molecule has 15 heavy (non-hydrogen) atoms. The fourth-order valence-electron chi connectivity index (χ4n) is 3.51. The van der Waals surface area contributed by atoms with E-state index >= 15 is 0 Å². The van der Waals surface area contributed by atoms with Crippen LogP contribution in [0.4, 0.5) is 0 Å². The summed E-state index contributed by atoms with van der Waals surface area (Å²) in [5.41, 5.74) is 0.983. The highest BCUT2D eigenvalue weighted by molar-refractivity contribution is 5.77. The average molecular weight is 209 g/mol. The van der Waals surface area contributed by atoms with Crippen LogP contribution in [0.15, 0.2) is 0 Å². The molecule has 4 aliphatic rings. The molecule has 0 aromatic heterocycles. The molecule has 0 aliphatic heterocycles. The Morgan fingerprint density at radius 1 is 1.27 bits per heavy atom. The second-order valence-corrected chi connectivity index (χ2v) is 5.35. The van der Waals surface area contributed by atoms with Crippen LogP contribution < -0.4 is 5.32 Å². The van der Waals surface area contributed by atoms with Gasteiger partial charge in [-0.1, -0.05) is 20.8 Å². The molecule has 86 valence electrons. The smallest absolute Gasteiger partial charge is 0.220 e. The molecule has 4 aliphatic carbocycles. The molecule has 4 saturated carbocycles. The van der Waals surface area contributed by atoms with Gasteiger partial charge in [-0.2, -0.15) is 0 Å². The van der Waals surface area contributed by atoms with Crippen molar-refractivity contribution >= 4 is 5.91 Å². The van der Waals surface area contributed by atoms with Crippen molar-refractivity contribution in [1.29, 1.82) is 0 Å². The van der Waals surface area contributed by atoms with Gasteiger partial charge in [-0.25, -0.2) is 0 Å². The van der Waals surface area contributed by atoms with Crippen molar-refractivity contribution in [3.05, 3.63) is 0 Å². The van der Waals surface area contributed by atoms with E-state index in [9.17, 15) is 4.79 Å². The molecular weight excluding hydrogens is 186 g/mol. The van der Waals surface area contributed by atoms with Crippen LogP contribution in [-0.4, -0.2) is 11.4 Å². The highest BCUT2D eigenvalue weighted by Gasteiger charge is 2.72. The van der Waals surface area contributed by atoms with Crippen LogP contribution in [0.1, 0.15) is 59.3 Å². The van der Waals surface area contributed by atoms with Gasteiger partial charge < -0.3 is 5.32 Å². The van der Waals surface area contributed by atoms with Gasteiger partial charge in [0.25, 0.3) is 0 Å². The van der Waals surface area contributed by atoms with Crippen LogP contribution in [0.2, 0.25) is 0 Å². The van der Waals surface area contributed by atoms with E-state index in [0.717, 1.165) is 5.92 Å². The summed E-state index contributed by atoms with van der Waals surface area (Å²) in [6, 6.07) is 0. The van der Waals surface area contributed by atoms with Crippen molar-refractivity contribution in [2.24, 2.45) is 11.3 Å². The van der Waals surface area contributed by atoms with E-state index in [-0.39, 0.29) is 11.4 Å². The molecule has 0 aromatic rings. The molecule has 0 aromatic carbocycles. The van der Waals surface area contributed by atoms with Gasteiger partial charge in [0.2, 0.25) is 5.91 Å². The first-order valence-electron chi connectivity index (χ1n) is 6.49. The molecule has 4 rings (SSSR count). The van der Waals surface area contributed by atoms with Gasteiger partial charge in [-0.05, 0) is 43.4 Å². The summed E-state index contributed by atoms with van der Waals surface area (Å²) in [4.78, 5) is 11.2. The van der Waals surface area contributed by atoms with Gasteiger partial charge in [-0.3, -0.25) is 4.79 Å². The lowest BCUT2D eigenvalue weighted by Gasteiger charge is -2.71. The Hall–Kier alpha value is -0.530. The van der Waals surface area contributed by atoms with E-state index in [0.29, 0.717) is 11.8 Å². The first kappa shape index (κ1) is 11.0. The van der Waals surface area contributed by atoms with Crippen LogP contribution in [0.25, 0.3) is 0 Å². The molecule has 0 spiro atoms. The summed E-state index contributed by atoms with van der Waals surface area (Å²) >= 11 is 0. The molecule has 0 radical (unpaired) electrons. The minimum absolute atomic E-state index is 0.240. The summed E-state index contributed by atoms with van der Waals surface area (Å²) in [6.07, 6.45) is 7.41. The van der Waals surface area contributed by atoms with Gasteiger partial charge in [0, 0.05) is 12.0 Å². The number of carbonyl (C=O) groups is 1. The second kappa shape index (κ2) is 3.50. The summed E-state index contributed by atoms with van der Waals surface area (Å²) in [6.45, 7) is 5.93. The number of amides is 1. The summed E-state index contributed by atoms with van der Waals surface area (Å²) in [5.74, 6) is 1.28. The second-order valence-electron chi connectivity index (χ2n) is 5.35. The number of hydrogen-bond donors (Lipinski definition) is 1. The van der Waals surface area contributed by atoms with Crippen LogP contribution in [0.5, 0.6) is 0 Å². The first-order valence-corrected chi connectivity index (χ1v) is 6.49. The highest BCUT2D eigenvalue weighted by atomic mass is 16.1. The summed E-state index contributed by atoms with van der Waals surface area (Å²) in [5, 5.41) is 3.18. The third-order valence-electron chi connectivity index (χ3n) is 4.24. The maximum Gasteiger partial charge on any atom is 0.220 e. The zero-order chi connectivity index (χ0) is 11.1. The number of rotatable bonds is 3. The minimum Gasteiger partial charge on any atom is -0.351 e. The van der Waals surface area contributed by atoms with E-state index in [1.54, 1.807) is 0 Å². The first-order chi connectivity index (χ1) is 7.18. The summed E-state index contributed by atoms with van der Waals surface area (Å²) in [7, 11) is 0. The zero-order valence-corrected chi connectivity index (χ0v) is 10.2. The van der Waals surface area contributed by atoms with E-state index in [1.807, 2.05) is 20.8 Å². The van der Waals surface area contributed by atoms with Gasteiger partial charge in [0.15, 0.2) is 0 Å². The molecule has 0 heterocycles. The Kier molecular flexibility index (Phi) is 2.56. The van der Waals surface area contributed by atoms with E-state index in [4.69, 9.17) is 0 Å². The molecule has 0 atom stereocenters. The van der Waals surface area contributed by atoms with Gasteiger partial charge in [-0.15, -0.1) is 0 Å². The quantitative estimate of drug-likeness (QED) is 0.761. The van der Waals surface area contributed by atoms with Crippen LogP contribution in [0, 0.1) is 11.3 Å². The SMILES string of the molecule is CC.CCC(=O)NC12CC(C3CC3)(C1)C2. The van der Waals surface area contributed by atoms with E-state index in [1.165, 1.54) is 32.1 Å². The highest BCUT2D eigenvalue weighted by Crippen LogP contribution is 2.75. The van der Waals surface area contributed by atoms with Crippen molar-refractivity contribution in [2.45, 2.75) is 64.8 Å². The molecule has 2 bridgehead atoms. The molecule has 1 N–H and O–H groups in total. The largest absolute Gasteiger partial charge is 0.351 e.